The highest BCUT2D eigenvalue weighted by atomic mass is 32.1. The van der Waals surface area contributed by atoms with Crippen LogP contribution in [0.4, 0.5) is 21.1 Å². The minimum atomic E-state index is -1.05. The van der Waals surface area contributed by atoms with Gasteiger partial charge in [0.2, 0.25) is 6.17 Å². The lowest BCUT2D eigenvalue weighted by Crippen LogP contribution is -2.35. The number of carbonyl (C=O) groups is 1. The van der Waals surface area contributed by atoms with E-state index in [1.54, 1.807) is 18.2 Å². The number of thiazole rings is 1. The van der Waals surface area contributed by atoms with Gasteiger partial charge in [0, 0.05) is 29.8 Å². The number of aliphatic imine (C=N–C) groups is 1. The Kier molecular flexibility index (Phi) is 6.90. The van der Waals surface area contributed by atoms with Crippen LogP contribution in [0.15, 0.2) is 88.3 Å². The molecule has 2 aliphatic heterocycles. The highest BCUT2D eigenvalue weighted by molar-refractivity contribution is 7.19. The smallest absolute Gasteiger partial charge is 0.317 e. The van der Waals surface area contributed by atoms with Crippen LogP contribution in [0.2, 0.25) is 0 Å². The van der Waals surface area contributed by atoms with E-state index < -0.39 is 6.17 Å². The molecule has 1 amide bonds. The zero-order valence-corrected chi connectivity index (χ0v) is 23.0. The van der Waals surface area contributed by atoms with E-state index >= 15 is 0 Å². The van der Waals surface area contributed by atoms with E-state index in [0.717, 1.165) is 16.1 Å². The molecule has 0 aliphatic carbocycles. The summed E-state index contributed by atoms with van der Waals surface area (Å²) in [5.74, 6) is -0.605. The Labute approximate surface area is 243 Å². The second-order valence-electron chi connectivity index (χ2n) is 9.59. The van der Waals surface area contributed by atoms with Crippen LogP contribution >= 0.6 is 11.3 Å². The molecule has 0 bridgehead atoms. The average Bonchev–Trinajstić information content (AvgIpc) is 3.65. The Bertz CT molecular complexity index is 1780. The summed E-state index contributed by atoms with van der Waals surface area (Å²) in [7, 11) is 0. The van der Waals surface area contributed by atoms with Gasteiger partial charge in [-0.05, 0) is 18.2 Å². The fraction of sp³-hybridized carbons (Fsp3) is 0.167. The number of carbonyl (C=O) groups excluding carboxylic acids is 1. The van der Waals surface area contributed by atoms with Gasteiger partial charge in [-0.2, -0.15) is 0 Å². The minimum absolute atomic E-state index is 0.000590. The van der Waals surface area contributed by atoms with Crippen molar-refractivity contribution < 1.29 is 18.3 Å². The Morgan fingerprint density at radius 3 is 2.48 bits per heavy atom. The van der Waals surface area contributed by atoms with Crippen LogP contribution in [-0.2, 0) is 9.53 Å². The third-order valence-corrected chi connectivity index (χ3v) is 8.04. The summed E-state index contributed by atoms with van der Waals surface area (Å²) in [4.78, 5) is 24.9. The number of hydrogen-bond acceptors (Lipinski definition) is 10. The molecule has 12 heteroatoms. The first-order valence-corrected chi connectivity index (χ1v) is 14.2. The first-order valence-electron chi connectivity index (χ1n) is 13.4. The summed E-state index contributed by atoms with van der Waals surface area (Å²) in [6.45, 7) is 2.41. The number of benzene rings is 3. The summed E-state index contributed by atoms with van der Waals surface area (Å²) < 4.78 is 26.2. The molecule has 5 aromatic rings. The van der Waals surface area contributed by atoms with Crippen LogP contribution in [0.25, 0.3) is 22.2 Å². The average molecular weight is 582 g/mol. The summed E-state index contributed by atoms with van der Waals surface area (Å²) >= 11 is 1.35. The molecule has 7 rings (SSSR count). The van der Waals surface area contributed by atoms with Gasteiger partial charge in [0.15, 0.2) is 5.69 Å². The molecule has 0 spiro atoms. The number of morpholine rings is 1. The Balaban J connectivity index is 1.23. The van der Waals surface area contributed by atoms with Crippen LogP contribution in [0, 0.1) is 5.82 Å². The Morgan fingerprint density at radius 2 is 1.67 bits per heavy atom. The SMILES string of the molecule is O=C1Nc2ccccc2C(c2ccccc2)=NC1Nc1nnc(-c2nc(-c3ccccc3F)sc2N2CCOCC2)o1. The molecular weight excluding hydrogens is 557 g/mol. The van der Waals surface area contributed by atoms with Gasteiger partial charge in [-0.3, -0.25) is 4.79 Å². The van der Waals surface area contributed by atoms with Gasteiger partial charge in [0.05, 0.1) is 24.6 Å². The lowest BCUT2D eigenvalue weighted by Gasteiger charge is -2.27. The number of halogens is 1. The first kappa shape index (κ1) is 26.0. The van der Waals surface area contributed by atoms with Crippen molar-refractivity contribution in [3.63, 3.8) is 0 Å². The molecule has 42 heavy (non-hydrogen) atoms. The van der Waals surface area contributed by atoms with Crippen molar-refractivity contribution in [3.05, 3.63) is 95.8 Å². The number of amides is 1. The van der Waals surface area contributed by atoms with Crippen molar-refractivity contribution in [2.75, 3.05) is 41.8 Å². The number of aromatic nitrogens is 3. The maximum atomic E-state index is 14.7. The van der Waals surface area contributed by atoms with Crippen molar-refractivity contribution in [3.8, 4) is 22.2 Å². The van der Waals surface area contributed by atoms with Crippen LogP contribution in [0.1, 0.15) is 11.1 Å². The number of nitrogens with zero attached hydrogens (tertiary/aromatic N) is 5. The van der Waals surface area contributed by atoms with E-state index in [0.29, 0.717) is 54.0 Å². The maximum Gasteiger partial charge on any atom is 0.317 e. The largest absolute Gasteiger partial charge is 0.402 e. The number of fused-ring (bicyclic) bond motifs is 1. The second-order valence-corrected chi connectivity index (χ2v) is 10.6. The van der Waals surface area contributed by atoms with Crippen molar-refractivity contribution in [2.45, 2.75) is 6.17 Å². The van der Waals surface area contributed by atoms with Gasteiger partial charge in [0.25, 0.3) is 11.8 Å². The van der Waals surface area contributed by atoms with Gasteiger partial charge in [-0.15, -0.1) is 5.10 Å². The monoisotopic (exact) mass is 581 g/mol. The maximum absolute atomic E-state index is 14.7. The van der Waals surface area contributed by atoms with E-state index in [1.807, 2.05) is 54.6 Å². The number of ether oxygens (including phenoxy) is 1. The summed E-state index contributed by atoms with van der Waals surface area (Å²) in [6.07, 6.45) is -1.05. The number of hydrogen-bond donors (Lipinski definition) is 2. The van der Waals surface area contributed by atoms with Crippen LogP contribution < -0.4 is 15.5 Å². The predicted molar refractivity (Wildman–Crippen MR) is 158 cm³/mol. The standard InChI is InChI=1S/C30H24FN7O3S/c31-21-12-6-4-10-19(21)28-34-24(29(42-28)38-14-16-40-17-15-38)27-36-37-30(41-27)35-25-26(39)32-22-13-7-5-11-20(22)23(33-25)18-8-2-1-3-9-18/h1-13,25H,14-17H2,(H,32,39)(H,35,37). The highest BCUT2D eigenvalue weighted by Gasteiger charge is 2.29. The van der Waals surface area contributed by atoms with Crippen LogP contribution in [-0.4, -0.2) is 59.3 Å². The van der Waals surface area contributed by atoms with Gasteiger partial charge < -0.3 is 24.7 Å². The van der Waals surface area contributed by atoms with E-state index in [2.05, 4.69) is 25.7 Å². The zero-order chi connectivity index (χ0) is 28.5. The van der Waals surface area contributed by atoms with Gasteiger partial charge in [-0.1, -0.05) is 77.1 Å². The number of para-hydroxylation sites is 1. The predicted octanol–water partition coefficient (Wildman–Crippen LogP) is 5.06. The van der Waals surface area contributed by atoms with Crippen molar-refractivity contribution >= 4 is 39.7 Å². The summed E-state index contributed by atoms with van der Waals surface area (Å²) in [6, 6.07) is 23.6. The number of rotatable bonds is 6. The molecule has 1 fully saturated rings. The third-order valence-electron chi connectivity index (χ3n) is 6.89. The minimum Gasteiger partial charge on any atom is -0.402 e. The molecule has 1 atom stereocenters. The van der Waals surface area contributed by atoms with Crippen LogP contribution in [0.5, 0.6) is 0 Å². The fourth-order valence-electron chi connectivity index (χ4n) is 4.86. The molecule has 10 nitrogen and oxygen atoms in total. The van der Waals surface area contributed by atoms with Crippen LogP contribution in [0.3, 0.4) is 0 Å². The fourth-order valence-corrected chi connectivity index (χ4v) is 5.99. The molecule has 2 aromatic heterocycles. The van der Waals surface area contributed by atoms with E-state index in [9.17, 15) is 9.18 Å². The van der Waals surface area contributed by atoms with Crippen molar-refractivity contribution in [1.82, 2.24) is 15.2 Å². The lowest BCUT2D eigenvalue weighted by molar-refractivity contribution is -0.116. The molecule has 2 N–H and O–H groups in total. The van der Waals surface area contributed by atoms with Gasteiger partial charge >= 0.3 is 6.01 Å². The topological polar surface area (TPSA) is 118 Å². The van der Waals surface area contributed by atoms with Gasteiger partial charge in [0.1, 0.15) is 15.8 Å². The lowest BCUT2D eigenvalue weighted by atomic mass is 10.0. The second kappa shape index (κ2) is 11.1. The molecule has 4 heterocycles. The molecular formula is C30H24FN7O3S. The molecule has 2 aliphatic rings. The summed E-state index contributed by atoms with van der Waals surface area (Å²) in [5, 5.41) is 15.6. The van der Waals surface area contributed by atoms with Crippen molar-refractivity contribution in [1.29, 1.82) is 0 Å². The molecule has 210 valence electrons. The van der Waals surface area contributed by atoms with E-state index in [4.69, 9.17) is 19.1 Å². The van der Waals surface area contributed by atoms with Crippen molar-refractivity contribution in [2.24, 2.45) is 4.99 Å². The molecule has 1 saturated heterocycles. The number of anilines is 3. The molecule has 0 radical (unpaired) electrons. The number of nitrogens with one attached hydrogen (secondary N) is 2. The highest BCUT2D eigenvalue weighted by Crippen LogP contribution is 2.41. The number of benzodiazepines with no additional fused rings is 1. The van der Waals surface area contributed by atoms with Gasteiger partial charge in [-0.25, -0.2) is 14.4 Å². The zero-order valence-electron chi connectivity index (χ0n) is 22.2. The molecule has 3 aromatic carbocycles. The third kappa shape index (κ3) is 5.01. The van der Waals surface area contributed by atoms with E-state index in [-0.39, 0.29) is 23.6 Å². The molecule has 1 unspecified atom stereocenters. The Hall–Kier alpha value is -4.94. The normalized spacial score (nSPS) is 16.8. The first-order chi connectivity index (χ1) is 20.6. The quantitative estimate of drug-likeness (QED) is 0.286. The summed E-state index contributed by atoms with van der Waals surface area (Å²) in [5.41, 5.74) is 3.78. The molecule has 0 saturated carbocycles. The van der Waals surface area contributed by atoms with E-state index in [1.165, 1.54) is 17.4 Å². The Morgan fingerprint density at radius 1 is 0.929 bits per heavy atom.